The van der Waals surface area contributed by atoms with Crippen LogP contribution in [0.15, 0.2) is 12.1 Å². The van der Waals surface area contributed by atoms with Crippen LogP contribution in [-0.4, -0.2) is 12.5 Å². The number of benzene rings is 1. The van der Waals surface area contributed by atoms with Crippen LogP contribution in [-0.2, 0) is 10.3 Å². The summed E-state index contributed by atoms with van der Waals surface area (Å²) in [5, 5.41) is 3.41. The summed E-state index contributed by atoms with van der Waals surface area (Å²) in [4.78, 5) is 11.3. The highest BCUT2D eigenvalue weighted by molar-refractivity contribution is 5.75. The summed E-state index contributed by atoms with van der Waals surface area (Å²) in [5.41, 5.74) is 9.85. The van der Waals surface area contributed by atoms with Crippen molar-refractivity contribution in [2.24, 2.45) is 5.73 Å². The molecule has 1 aromatic rings. The van der Waals surface area contributed by atoms with Crippen molar-refractivity contribution in [1.82, 2.24) is 5.32 Å². The average Bonchev–Trinajstić information content (AvgIpc) is 2.13. The van der Waals surface area contributed by atoms with E-state index in [9.17, 15) is 4.79 Å². The zero-order chi connectivity index (χ0) is 13.9. The molecule has 0 heterocycles. The maximum absolute atomic E-state index is 11.3. The van der Waals surface area contributed by atoms with Gasteiger partial charge >= 0.3 is 0 Å². The van der Waals surface area contributed by atoms with Crippen molar-refractivity contribution in [3.63, 3.8) is 0 Å². The molecule has 0 spiro atoms. The summed E-state index contributed by atoms with van der Waals surface area (Å²) in [6, 6.07) is 4.30. The van der Waals surface area contributed by atoms with E-state index in [1.807, 2.05) is 13.8 Å². The lowest BCUT2D eigenvalue weighted by molar-refractivity contribution is -0.119. The maximum atomic E-state index is 11.3. The number of nitrogens with one attached hydrogen (secondary N) is 1. The fourth-order valence-corrected chi connectivity index (χ4v) is 3.03. The molecular formula is C15H24N2O. The number of hydrogen-bond donors (Lipinski definition) is 2. The lowest BCUT2D eigenvalue weighted by atomic mass is 9.81. The SMILES string of the molecule is CCNC(C)(CC(N)=O)c1c(C)cc(C)cc1C. The lowest BCUT2D eigenvalue weighted by Gasteiger charge is -2.33. The number of aryl methyl sites for hydroxylation is 3. The molecule has 3 nitrogen and oxygen atoms in total. The van der Waals surface area contributed by atoms with Crippen LogP contribution in [0, 0.1) is 20.8 Å². The van der Waals surface area contributed by atoms with E-state index in [0.29, 0.717) is 6.42 Å². The molecule has 18 heavy (non-hydrogen) atoms. The molecule has 3 N–H and O–H groups in total. The van der Waals surface area contributed by atoms with Crippen LogP contribution in [0.2, 0.25) is 0 Å². The van der Waals surface area contributed by atoms with E-state index in [0.717, 1.165) is 6.54 Å². The number of amides is 1. The Morgan fingerprint density at radius 1 is 1.28 bits per heavy atom. The lowest BCUT2D eigenvalue weighted by Crippen LogP contribution is -2.43. The maximum Gasteiger partial charge on any atom is 0.219 e. The van der Waals surface area contributed by atoms with Crippen LogP contribution < -0.4 is 11.1 Å². The number of carbonyl (C=O) groups excluding carboxylic acids is 1. The van der Waals surface area contributed by atoms with Gasteiger partial charge in [-0.15, -0.1) is 0 Å². The summed E-state index contributed by atoms with van der Waals surface area (Å²) in [6.45, 7) is 11.2. The molecular weight excluding hydrogens is 224 g/mol. The first kappa shape index (κ1) is 14.7. The summed E-state index contributed by atoms with van der Waals surface area (Å²) in [7, 11) is 0. The van der Waals surface area contributed by atoms with Crippen molar-refractivity contribution in [1.29, 1.82) is 0 Å². The molecule has 3 heteroatoms. The third-order valence-electron chi connectivity index (χ3n) is 3.32. The van der Waals surface area contributed by atoms with Crippen LogP contribution in [0.3, 0.4) is 0 Å². The molecule has 0 radical (unpaired) electrons. The molecule has 1 unspecified atom stereocenters. The van der Waals surface area contributed by atoms with Crippen molar-refractivity contribution in [3.8, 4) is 0 Å². The van der Waals surface area contributed by atoms with E-state index in [1.54, 1.807) is 0 Å². The molecule has 1 atom stereocenters. The second kappa shape index (κ2) is 5.53. The predicted octanol–water partition coefficient (Wildman–Crippen LogP) is 2.31. The standard InChI is InChI=1S/C15H24N2O/c1-6-17-15(5,9-13(16)18)14-11(3)7-10(2)8-12(14)4/h7-8,17H,6,9H2,1-5H3,(H2,16,18). The molecule has 0 aliphatic rings. The van der Waals surface area contributed by atoms with Gasteiger partial charge in [-0.2, -0.15) is 0 Å². The molecule has 1 aromatic carbocycles. The third kappa shape index (κ3) is 3.10. The molecule has 0 fully saturated rings. The van der Waals surface area contributed by atoms with Crippen molar-refractivity contribution in [2.75, 3.05) is 6.54 Å². The van der Waals surface area contributed by atoms with Crippen LogP contribution in [0.25, 0.3) is 0 Å². The first-order chi connectivity index (χ1) is 8.30. The third-order valence-corrected chi connectivity index (χ3v) is 3.32. The van der Waals surface area contributed by atoms with Gasteiger partial charge in [0.2, 0.25) is 5.91 Å². The highest BCUT2D eigenvalue weighted by Crippen LogP contribution is 2.31. The van der Waals surface area contributed by atoms with Gasteiger partial charge in [-0.05, 0) is 50.9 Å². The smallest absolute Gasteiger partial charge is 0.219 e. The zero-order valence-corrected chi connectivity index (χ0v) is 12.1. The van der Waals surface area contributed by atoms with Gasteiger partial charge in [0.15, 0.2) is 0 Å². The van der Waals surface area contributed by atoms with Crippen molar-refractivity contribution in [2.45, 2.75) is 46.6 Å². The molecule has 0 aliphatic carbocycles. The summed E-state index contributed by atoms with van der Waals surface area (Å²) < 4.78 is 0. The van der Waals surface area contributed by atoms with E-state index in [2.05, 4.69) is 38.2 Å². The van der Waals surface area contributed by atoms with Crippen molar-refractivity contribution in [3.05, 3.63) is 34.4 Å². The number of hydrogen-bond acceptors (Lipinski definition) is 2. The number of nitrogens with two attached hydrogens (primary N) is 1. The van der Waals surface area contributed by atoms with E-state index in [-0.39, 0.29) is 11.4 Å². The van der Waals surface area contributed by atoms with E-state index >= 15 is 0 Å². The minimum absolute atomic E-state index is 0.280. The van der Waals surface area contributed by atoms with Gasteiger partial charge in [0.1, 0.15) is 0 Å². The molecule has 1 rings (SSSR count). The Bertz CT molecular complexity index is 431. The second-order valence-electron chi connectivity index (χ2n) is 5.28. The Balaban J connectivity index is 3.33. The number of primary amides is 1. The highest BCUT2D eigenvalue weighted by Gasteiger charge is 2.30. The zero-order valence-electron chi connectivity index (χ0n) is 12.1. The van der Waals surface area contributed by atoms with Crippen molar-refractivity contribution < 1.29 is 4.79 Å². The van der Waals surface area contributed by atoms with E-state index in [1.165, 1.54) is 22.3 Å². The van der Waals surface area contributed by atoms with Gasteiger partial charge in [0.05, 0.1) is 0 Å². The largest absolute Gasteiger partial charge is 0.370 e. The van der Waals surface area contributed by atoms with Crippen LogP contribution in [0.4, 0.5) is 0 Å². The first-order valence-electron chi connectivity index (χ1n) is 6.42. The fourth-order valence-electron chi connectivity index (χ4n) is 3.03. The summed E-state index contributed by atoms with van der Waals surface area (Å²) >= 11 is 0. The minimum Gasteiger partial charge on any atom is -0.370 e. The molecule has 0 saturated heterocycles. The van der Waals surface area contributed by atoms with Crippen LogP contribution in [0.5, 0.6) is 0 Å². The Kier molecular flexibility index (Phi) is 4.52. The van der Waals surface area contributed by atoms with Gasteiger partial charge in [0, 0.05) is 12.0 Å². The molecule has 0 aliphatic heterocycles. The Morgan fingerprint density at radius 2 is 1.78 bits per heavy atom. The van der Waals surface area contributed by atoms with Gasteiger partial charge in [-0.25, -0.2) is 0 Å². The Hall–Kier alpha value is -1.35. The van der Waals surface area contributed by atoms with Crippen LogP contribution >= 0.6 is 0 Å². The van der Waals surface area contributed by atoms with E-state index in [4.69, 9.17) is 5.73 Å². The first-order valence-corrected chi connectivity index (χ1v) is 6.42. The van der Waals surface area contributed by atoms with Gasteiger partial charge < -0.3 is 11.1 Å². The molecule has 1 amide bonds. The topological polar surface area (TPSA) is 55.1 Å². The predicted molar refractivity (Wildman–Crippen MR) is 75.5 cm³/mol. The highest BCUT2D eigenvalue weighted by atomic mass is 16.1. The van der Waals surface area contributed by atoms with E-state index < -0.39 is 0 Å². The minimum atomic E-state index is -0.386. The van der Waals surface area contributed by atoms with Crippen molar-refractivity contribution >= 4 is 5.91 Å². The average molecular weight is 248 g/mol. The second-order valence-corrected chi connectivity index (χ2v) is 5.28. The Labute approximate surface area is 110 Å². The fraction of sp³-hybridized carbons (Fsp3) is 0.533. The Morgan fingerprint density at radius 3 is 2.17 bits per heavy atom. The van der Waals surface area contributed by atoms with Gasteiger partial charge in [-0.3, -0.25) is 4.79 Å². The molecule has 0 bridgehead atoms. The summed E-state index contributed by atoms with van der Waals surface area (Å²) in [6.07, 6.45) is 0.311. The normalized spacial score (nSPS) is 14.3. The molecule has 0 saturated carbocycles. The van der Waals surface area contributed by atoms with Gasteiger partial charge in [0.25, 0.3) is 0 Å². The quantitative estimate of drug-likeness (QED) is 0.840. The monoisotopic (exact) mass is 248 g/mol. The number of rotatable bonds is 5. The summed E-state index contributed by atoms with van der Waals surface area (Å²) in [5.74, 6) is -0.280. The number of carbonyl (C=O) groups is 1. The van der Waals surface area contributed by atoms with Gasteiger partial charge in [-0.1, -0.05) is 24.6 Å². The molecule has 0 aromatic heterocycles. The van der Waals surface area contributed by atoms with Crippen LogP contribution in [0.1, 0.15) is 42.5 Å². The molecule has 100 valence electrons.